The summed E-state index contributed by atoms with van der Waals surface area (Å²) in [6.45, 7) is 0.830. The average molecular weight is 455 g/mol. The first-order valence-electron chi connectivity index (χ1n) is 10.7. The minimum atomic E-state index is -0.0251. The summed E-state index contributed by atoms with van der Waals surface area (Å²) in [4.78, 5) is 10.0. The summed E-state index contributed by atoms with van der Waals surface area (Å²) in [5.41, 5.74) is 4.93. The lowest BCUT2D eigenvalue weighted by Gasteiger charge is -2.13. The Morgan fingerprint density at radius 1 is 1.00 bits per heavy atom. The van der Waals surface area contributed by atoms with Crippen LogP contribution in [0.5, 0.6) is 17.4 Å². The third-order valence-electron chi connectivity index (χ3n) is 5.48. The molecule has 4 rings (SSSR count). The first-order valence-corrected chi connectivity index (χ1v) is 10.7. The molecule has 2 N–H and O–H groups in total. The zero-order valence-corrected chi connectivity index (χ0v) is 19.6. The smallest absolute Gasteiger partial charge is 0.199 e. The van der Waals surface area contributed by atoms with Crippen LogP contribution in [0, 0.1) is 11.3 Å². The van der Waals surface area contributed by atoms with Gasteiger partial charge >= 0.3 is 0 Å². The number of hydrogen-bond donors (Lipinski definition) is 2. The van der Waals surface area contributed by atoms with Gasteiger partial charge < -0.3 is 24.5 Å². The minimum absolute atomic E-state index is 0.0251. The van der Waals surface area contributed by atoms with E-state index in [4.69, 9.17) is 14.5 Å². The number of aromatic nitrogens is 1. The molecule has 0 radical (unpaired) electrons. The molecule has 0 fully saturated rings. The van der Waals surface area contributed by atoms with Gasteiger partial charge in [-0.15, -0.1) is 0 Å². The van der Waals surface area contributed by atoms with Crippen molar-refractivity contribution in [3.05, 3.63) is 82.9 Å². The van der Waals surface area contributed by atoms with Crippen molar-refractivity contribution in [1.29, 1.82) is 5.26 Å². The van der Waals surface area contributed by atoms with Crippen molar-refractivity contribution in [2.45, 2.75) is 6.54 Å². The number of aromatic hydroxyl groups is 1. The van der Waals surface area contributed by atoms with Crippen LogP contribution in [0.4, 0.5) is 5.69 Å². The fourth-order valence-corrected chi connectivity index (χ4v) is 3.91. The van der Waals surface area contributed by atoms with E-state index in [1.807, 2.05) is 62.6 Å². The van der Waals surface area contributed by atoms with Crippen molar-refractivity contribution in [1.82, 2.24) is 9.88 Å². The number of rotatable bonds is 7. The van der Waals surface area contributed by atoms with E-state index in [0.717, 1.165) is 23.2 Å². The molecule has 0 aliphatic heterocycles. The van der Waals surface area contributed by atoms with Gasteiger partial charge in [-0.2, -0.15) is 5.26 Å². The van der Waals surface area contributed by atoms with Crippen LogP contribution in [0.2, 0.25) is 0 Å². The number of benzene rings is 3. The fourth-order valence-electron chi connectivity index (χ4n) is 3.91. The van der Waals surface area contributed by atoms with Gasteiger partial charge in [0.05, 0.1) is 48.3 Å². The van der Waals surface area contributed by atoms with E-state index in [1.54, 1.807) is 26.4 Å². The van der Waals surface area contributed by atoms with E-state index in [0.29, 0.717) is 33.9 Å². The number of methoxy groups -OCH3 is 2. The number of nitriles is 1. The SMILES string of the molecule is COc1ccc(C(=Nc2ccc(CN(C)C)cc2)c2c(O)[nH]c3cc(C#N)ccc23)cc1OC. The molecule has 1 heterocycles. The lowest BCUT2D eigenvalue weighted by atomic mass is 9.99. The van der Waals surface area contributed by atoms with Crippen LogP contribution < -0.4 is 9.47 Å². The van der Waals surface area contributed by atoms with Gasteiger partial charge in [0.15, 0.2) is 17.4 Å². The van der Waals surface area contributed by atoms with Gasteiger partial charge in [-0.1, -0.05) is 18.2 Å². The lowest BCUT2D eigenvalue weighted by Crippen LogP contribution is -2.10. The number of ether oxygens (including phenoxy) is 2. The molecule has 0 saturated heterocycles. The molecule has 0 bridgehead atoms. The molecule has 0 spiro atoms. The van der Waals surface area contributed by atoms with Crippen molar-refractivity contribution >= 4 is 22.3 Å². The highest BCUT2D eigenvalue weighted by Crippen LogP contribution is 2.35. The number of aromatic amines is 1. The highest BCUT2D eigenvalue weighted by molar-refractivity contribution is 6.22. The average Bonchev–Trinajstić information content (AvgIpc) is 3.17. The quantitative estimate of drug-likeness (QED) is 0.384. The van der Waals surface area contributed by atoms with Gasteiger partial charge in [0.2, 0.25) is 0 Å². The third-order valence-corrected chi connectivity index (χ3v) is 5.48. The fraction of sp³-hybridized carbons (Fsp3) is 0.185. The van der Waals surface area contributed by atoms with E-state index < -0.39 is 0 Å². The van der Waals surface area contributed by atoms with Crippen LogP contribution in [-0.2, 0) is 6.54 Å². The molecule has 0 atom stereocenters. The van der Waals surface area contributed by atoms with Crippen LogP contribution in [0.3, 0.4) is 0 Å². The van der Waals surface area contributed by atoms with Crippen molar-refractivity contribution in [2.24, 2.45) is 4.99 Å². The van der Waals surface area contributed by atoms with E-state index in [-0.39, 0.29) is 5.88 Å². The summed E-state index contributed by atoms with van der Waals surface area (Å²) >= 11 is 0. The first kappa shape index (κ1) is 22.9. The molecule has 0 saturated carbocycles. The summed E-state index contributed by atoms with van der Waals surface area (Å²) in [5.74, 6) is 1.13. The van der Waals surface area contributed by atoms with Crippen LogP contribution in [0.25, 0.3) is 10.9 Å². The molecule has 3 aromatic carbocycles. The second-order valence-electron chi connectivity index (χ2n) is 8.16. The number of nitrogens with one attached hydrogen (secondary N) is 1. The number of H-pyrrole nitrogens is 1. The summed E-state index contributed by atoms with van der Waals surface area (Å²) in [6, 6.07) is 20.9. The second kappa shape index (κ2) is 9.69. The summed E-state index contributed by atoms with van der Waals surface area (Å²) < 4.78 is 10.9. The Morgan fingerprint density at radius 3 is 2.38 bits per heavy atom. The van der Waals surface area contributed by atoms with Gasteiger partial charge in [-0.05, 0) is 62.1 Å². The molecule has 0 amide bonds. The Labute approximate surface area is 198 Å². The minimum Gasteiger partial charge on any atom is -0.494 e. The molecule has 0 aliphatic rings. The maximum Gasteiger partial charge on any atom is 0.199 e. The number of nitrogens with zero attached hydrogens (tertiary/aromatic N) is 3. The lowest BCUT2D eigenvalue weighted by molar-refractivity contribution is 0.355. The Kier molecular flexibility index (Phi) is 6.53. The standard InChI is InChI=1S/C27H26N4O3/c1-31(2)16-17-5-9-20(10-6-17)29-26(19-8-12-23(33-3)24(14-19)34-4)25-21-11-7-18(15-28)13-22(21)30-27(25)32/h5-14,30,32H,16H2,1-4H3. The van der Waals surface area contributed by atoms with Gasteiger partial charge in [0.25, 0.3) is 0 Å². The summed E-state index contributed by atoms with van der Waals surface area (Å²) in [6.07, 6.45) is 0. The maximum absolute atomic E-state index is 10.9. The molecular formula is C27H26N4O3. The topological polar surface area (TPSA) is 93.9 Å². The van der Waals surface area contributed by atoms with Crippen molar-refractivity contribution in [2.75, 3.05) is 28.3 Å². The molecule has 1 aromatic heterocycles. The number of fused-ring (bicyclic) bond motifs is 1. The Balaban J connectivity index is 1.91. The first-order chi connectivity index (χ1) is 16.4. The Hall–Kier alpha value is -4.28. The van der Waals surface area contributed by atoms with Crippen molar-refractivity contribution < 1.29 is 14.6 Å². The highest BCUT2D eigenvalue weighted by Gasteiger charge is 2.20. The molecule has 34 heavy (non-hydrogen) atoms. The highest BCUT2D eigenvalue weighted by atomic mass is 16.5. The predicted octanol–water partition coefficient (Wildman–Crippen LogP) is 4.99. The summed E-state index contributed by atoms with van der Waals surface area (Å²) in [5, 5.41) is 20.9. The Bertz CT molecular complexity index is 1400. The molecule has 7 heteroatoms. The molecule has 172 valence electrons. The maximum atomic E-state index is 10.9. The normalized spacial score (nSPS) is 11.6. The van der Waals surface area contributed by atoms with E-state index in [9.17, 15) is 10.4 Å². The van der Waals surface area contributed by atoms with E-state index in [1.165, 1.54) is 5.56 Å². The van der Waals surface area contributed by atoms with Crippen LogP contribution in [0.15, 0.2) is 65.7 Å². The van der Waals surface area contributed by atoms with Gasteiger partial charge in [-0.3, -0.25) is 0 Å². The zero-order chi connectivity index (χ0) is 24.2. The second-order valence-corrected chi connectivity index (χ2v) is 8.16. The largest absolute Gasteiger partial charge is 0.494 e. The van der Waals surface area contributed by atoms with Gasteiger partial charge in [0.1, 0.15) is 0 Å². The molecule has 0 aliphatic carbocycles. The van der Waals surface area contributed by atoms with E-state index in [2.05, 4.69) is 16.0 Å². The van der Waals surface area contributed by atoms with Crippen LogP contribution in [-0.4, -0.2) is 49.0 Å². The van der Waals surface area contributed by atoms with Crippen molar-refractivity contribution in [3.63, 3.8) is 0 Å². The summed E-state index contributed by atoms with van der Waals surface area (Å²) in [7, 11) is 7.21. The molecule has 7 nitrogen and oxygen atoms in total. The van der Waals surface area contributed by atoms with Gasteiger partial charge in [0, 0.05) is 17.5 Å². The van der Waals surface area contributed by atoms with Crippen LogP contribution >= 0.6 is 0 Å². The molecule has 0 unspecified atom stereocenters. The van der Waals surface area contributed by atoms with Gasteiger partial charge in [-0.25, -0.2) is 4.99 Å². The monoisotopic (exact) mass is 454 g/mol. The predicted molar refractivity (Wildman–Crippen MR) is 133 cm³/mol. The van der Waals surface area contributed by atoms with E-state index >= 15 is 0 Å². The van der Waals surface area contributed by atoms with Crippen LogP contribution in [0.1, 0.15) is 22.3 Å². The zero-order valence-electron chi connectivity index (χ0n) is 19.6. The van der Waals surface area contributed by atoms with Crippen molar-refractivity contribution in [3.8, 4) is 23.4 Å². The third kappa shape index (κ3) is 4.58. The molecule has 4 aromatic rings. The number of aliphatic imine (C=N–C) groups is 1. The Morgan fingerprint density at radius 2 is 1.74 bits per heavy atom. The molecular weight excluding hydrogens is 428 g/mol. The number of hydrogen-bond acceptors (Lipinski definition) is 6.